The molecule has 0 heterocycles. The highest BCUT2D eigenvalue weighted by Gasteiger charge is 2.22. The Morgan fingerprint density at radius 3 is 1.69 bits per heavy atom. The Morgan fingerprint density at radius 2 is 1.04 bits per heavy atom. The van der Waals surface area contributed by atoms with E-state index in [1.165, 1.54) is 79.4 Å². The highest BCUT2D eigenvalue weighted by Crippen LogP contribution is 2.43. The third-order valence-corrected chi connectivity index (χ3v) is 11.1. The molecule has 0 spiro atoms. The quantitative estimate of drug-likeness (QED) is 0.154. The molecule has 7 aromatic carbocycles. The predicted molar refractivity (Wildman–Crippen MR) is 222 cm³/mol. The first-order valence-corrected chi connectivity index (χ1v) is 18.1. The van der Waals surface area contributed by atoms with E-state index in [0.717, 1.165) is 40.2 Å². The minimum absolute atomic E-state index is 1.07. The number of anilines is 3. The van der Waals surface area contributed by atoms with Crippen LogP contribution in [-0.4, -0.2) is 0 Å². The van der Waals surface area contributed by atoms with Crippen LogP contribution in [0, 0.1) is 0 Å². The molecule has 1 nitrogen and oxygen atoms in total. The molecule has 0 bridgehead atoms. The Hall–Kier alpha value is -5.92. The van der Waals surface area contributed by atoms with Crippen LogP contribution in [0.2, 0.25) is 0 Å². The van der Waals surface area contributed by atoms with Gasteiger partial charge in [0, 0.05) is 17.1 Å². The zero-order valence-corrected chi connectivity index (χ0v) is 29.5. The van der Waals surface area contributed by atoms with E-state index in [4.69, 9.17) is 0 Å². The molecule has 0 N–H and O–H groups in total. The second-order valence-corrected chi connectivity index (χ2v) is 14.4. The number of fused-ring (bicyclic) bond motifs is 6. The van der Waals surface area contributed by atoms with Gasteiger partial charge in [0.05, 0.1) is 0 Å². The molecule has 0 unspecified atom stereocenters. The van der Waals surface area contributed by atoms with Gasteiger partial charge in [0.2, 0.25) is 0 Å². The van der Waals surface area contributed by atoms with Gasteiger partial charge >= 0.3 is 0 Å². The van der Waals surface area contributed by atoms with E-state index in [1.807, 2.05) is 0 Å². The van der Waals surface area contributed by atoms with E-state index in [9.17, 15) is 0 Å². The van der Waals surface area contributed by atoms with Crippen molar-refractivity contribution in [2.24, 2.45) is 0 Å². The van der Waals surface area contributed by atoms with Gasteiger partial charge in [-0.1, -0.05) is 121 Å². The third kappa shape index (κ3) is 5.50. The summed E-state index contributed by atoms with van der Waals surface area (Å²) in [5.74, 6) is 0. The Balaban J connectivity index is 1.13. The van der Waals surface area contributed by atoms with Gasteiger partial charge in [0.1, 0.15) is 0 Å². The zero-order chi connectivity index (χ0) is 34.6. The fourth-order valence-corrected chi connectivity index (χ4v) is 8.09. The van der Waals surface area contributed by atoms with E-state index in [-0.39, 0.29) is 0 Å². The minimum atomic E-state index is 1.07. The summed E-state index contributed by atoms with van der Waals surface area (Å²) in [6.07, 6.45) is 7.29. The fraction of sp³-hybridized carbons (Fsp3) is 0.120. The average Bonchev–Trinajstić information content (AvgIpc) is 3.16. The molecule has 2 aliphatic rings. The summed E-state index contributed by atoms with van der Waals surface area (Å²) in [6.45, 7) is 12.5. The molecule has 0 atom stereocenters. The van der Waals surface area contributed by atoms with Gasteiger partial charge in [0.25, 0.3) is 0 Å². The first kappa shape index (κ1) is 31.1. The number of allylic oxidation sites excluding steroid dienone is 6. The molecule has 0 aromatic heterocycles. The van der Waals surface area contributed by atoms with Crippen molar-refractivity contribution in [3.8, 4) is 11.1 Å². The standard InChI is InChI=1S/C50H41N/c1-32(2)34-16-22-42(23-17-34)51(44-9-7-8-38(29-44)40-15-13-35-12-14-39(35)28-40)43-24-18-36(19-25-43)41-21-27-48-47-26-20-37(33(3)4)30-49(47)45-10-5-6-11-46(45)50(48)31-41/h5-11,16-31H,1,3,12-15H2,2,4H3. The maximum Gasteiger partial charge on any atom is 0.0467 e. The topological polar surface area (TPSA) is 3.24 Å². The van der Waals surface area contributed by atoms with Gasteiger partial charge in [-0.15, -0.1) is 0 Å². The molecule has 0 amide bonds. The van der Waals surface area contributed by atoms with E-state index in [0.29, 0.717) is 0 Å². The Labute approximate surface area is 301 Å². The summed E-state index contributed by atoms with van der Waals surface area (Å²) < 4.78 is 0. The lowest BCUT2D eigenvalue weighted by Gasteiger charge is -2.29. The van der Waals surface area contributed by atoms with Crippen molar-refractivity contribution in [1.82, 2.24) is 0 Å². The predicted octanol–water partition coefficient (Wildman–Crippen LogP) is 14.6. The molecule has 2 aliphatic carbocycles. The lowest BCUT2D eigenvalue weighted by Crippen LogP contribution is -2.11. The highest BCUT2D eigenvalue weighted by molar-refractivity contribution is 6.26. The van der Waals surface area contributed by atoms with Crippen LogP contribution in [-0.2, 0) is 0 Å². The molecule has 0 aliphatic heterocycles. The summed E-state index contributed by atoms with van der Waals surface area (Å²) >= 11 is 0. The maximum atomic E-state index is 4.20. The van der Waals surface area contributed by atoms with Crippen molar-refractivity contribution in [3.05, 3.63) is 181 Å². The summed E-state index contributed by atoms with van der Waals surface area (Å²) in [7, 11) is 0. The van der Waals surface area contributed by atoms with E-state index in [1.54, 1.807) is 11.1 Å². The molecule has 0 radical (unpaired) electrons. The third-order valence-electron chi connectivity index (χ3n) is 11.1. The molecule has 0 fully saturated rings. The Bertz CT molecular complexity index is 2590. The number of rotatable bonds is 7. The number of nitrogens with zero attached hydrogens (tertiary/aromatic N) is 1. The average molecular weight is 656 g/mol. The Kier molecular flexibility index (Phi) is 7.59. The van der Waals surface area contributed by atoms with Crippen LogP contribution >= 0.6 is 0 Å². The van der Waals surface area contributed by atoms with Gasteiger partial charge in [-0.2, -0.15) is 0 Å². The molecule has 0 saturated heterocycles. The minimum Gasteiger partial charge on any atom is -0.310 e. The van der Waals surface area contributed by atoms with Crippen LogP contribution in [0.4, 0.5) is 17.1 Å². The van der Waals surface area contributed by atoms with Crippen LogP contribution in [0.15, 0.2) is 164 Å². The van der Waals surface area contributed by atoms with Crippen molar-refractivity contribution in [2.75, 3.05) is 4.90 Å². The van der Waals surface area contributed by atoms with Crippen LogP contribution in [0.25, 0.3) is 60.2 Å². The van der Waals surface area contributed by atoms with Crippen molar-refractivity contribution in [1.29, 1.82) is 0 Å². The van der Waals surface area contributed by atoms with Crippen LogP contribution in [0.1, 0.15) is 56.2 Å². The molecule has 246 valence electrons. The van der Waals surface area contributed by atoms with Crippen molar-refractivity contribution in [3.63, 3.8) is 0 Å². The summed E-state index contributed by atoms with van der Waals surface area (Å²) in [4.78, 5) is 2.38. The number of benzene rings is 7. The van der Waals surface area contributed by atoms with E-state index < -0.39 is 0 Å². The monoisotopic (exact) mass is 655 g/mol. The van der Waals surface area contributed by atoms with Crippen molar-refractivity contribution in [2.45, 2.75) is 39.5 Å². The summed E-state index contributed by atoms with van der Waals surface area (Å²) in [5, 5.41) is 7.67. The normalized spacial score (nSPS) is 14.0. The van der Waals surface area contributed by atoms with Gasteiger partial charge in [-0.25, -0.2) is 0 Å². The maximum absolute atomic E-state index is 4.20. The van der Waals surface area contributed by atoms with Gasteiger partial charge in [-0.05, 0) is 159 Å². The first-order valence-electron chi connectivity index (χ1n) is 18.1. The smallest absolute Gasteiger partial charge is 0.0467 e. The van der Waals surface area contributed by atoms with E-state index >= 15 is 0 Å². The second-order valence-electron chi connectivity index (χ2n) is 14.4. The lowest BCUT2D eigenvalue weighted by molar-refractivity contribution is 0.741. The van der Waals surface area contributed by atoms with Gasteiger partial charge < -0.3 is 4.90 Å². The first-order chi connectivity index (χ1) is 24.9. The van der Waals surface area contributed by atoms with E-state index in [2.05, 4.69) is 171 Å². The molecule has 51 heavy (non-hydrogen) atoms. The van der Waals surface area contributed by atoms with Crippen LogP contribution in [0.5, 0.6) is 0 Å². The molecule has 1 heteroatoms. The van der Waals surface area contributed by atoms with Crippen molar-refractivity contribution >= 4 is 66.1 Å². The molecule has 0 saturated carbocycles. The zero-order valence-electron chi connectivity index (χ0n) is 29.5. The highest BCUT2D eigenvalue weighted by atomic mass is 15.1. The van der Waals surface area contributed by atoms with Crippen LogP contribution < -0.4 is 4.90 Å². The van der Waals surface area contributed by atoms with Crippen molar-refractivity contribution < 1.29 is 0 Å². The fourth-order valence-electron chi connectivity index (χ4n) is 8.09. The van der Waals surface area contributed by atoms with Crippen LogP contribution in [0.3, 0.4) is 0 Å². The molecule has 9 rings (SSSR count). The number of hydrogen-bond donors (Lipinski definition) is 0. The van der Waals surface area contributed by atoms with Gasteiger partial charge in [0.15, 0.2) is 0 Å². The largest absolute Gasteiger partial charge is 0.310 e. The number of hydrogen-bond acceptors (Lipinski definition) is 1. The molecule has 7 aromatic rings. The Morgan fingerprint density at radius 1 is 0.451 bits per heavy atom. The molecular weight excluding hydrogens is 615 g/mol. The van der Waals surface area contributed by atoms with Gasteiger partial charge in [-0.3, -0.25) is 0 Å². The summed E-state index contributed by atoms with van der Waals surface area (Å²) in [5.41, 5.74) is 16.3. The lowest BCUT2D eigenvalue weighted by atomic mass is 9.78. The SMILES string of the molecule is C=C(C)c1ccc(N(c2ccc(-c3ccc4c5ccc(C(=C)C)cc5c5ccccc5c4c3)cc2)c2cccc(C3=CC4=C(CC3)CC4)c2)cc1. The summed E-state index contributed by atoms with van der Waals surface area (Å²) in [6, 6.07) is 49.5. The second kappa shape index (κ2) is 12.4. The molecular formula is C50H41N.